The molecule has 0 aliphatic carbocycles. The van der Waals surface area contributed by atoms with E-state index in [2.05, 4.69) is 10.5 Å². The predicted octanol–water partition coefficient (Wildman–Crippen LogP) is 3.47. The average molecular weight is 279 g/mol. The molecule has 0 unspecified atom stereocenters. The van der Waals surface area contributed by atoms with Gasteiger partial charge in [0, 0.05) is 20.3 Å². The first-order valence-electron chi connectivity index (χ1n) is 5.30. The molecule has 5 heteroatoms. The van der Waals surface area contributed by atoms with Crippen LogP contribution in [0.4, 0.5) is 0 Å². The van der Waals surface area contributed by atoms with Crippen molar-refractivity contribution >= 4 is 35.1 Å². The third-order valence-corrected chi connectivity index (χ3v) is 3.38. The molecule has 2 aromatic rings. The number of hydrazone groups is 1. The van der Waals surface area contributed by atoms with Gasteiger partial charge in [-0.15, -0.1) is 11.3 Å². The number of carbonyl (C=O) groups excluding carboxylic acids is 1. The smallest absolute Gasteiger partial charge is 0.267 e. The van der Waals surface area contributed by atoms with E-state index in [0.29, 0.717) is 10.6 Å². The summed E-state index contributed by atoms with van der Waals surface area (Å²) in [7, 11) is 0. The maximum atomic E-state index is 11.7. The lowest BCUT2D eigenvalue weighted by molar-refractivity contribution is 0.0955. The number of rotatable bonds is 3. The quantitative estimate of drug-likeness (QED) is 0.678. The Hall–Kier alpha value is -1.65. The summed E-state index contributed by atoms with van der Waals surface area (Å²) in [6.45, 7) is 2.02. The van der Waals surface area contributed by atoms with E-state index in [0.717, 1.165) is 4.88 Å². The molecule has 1 aromatic carbocycles. The average Bonchev–Trinajstić information content (AvgIpc) is 2.75. The summed E-state index contributed by atoms with van der Waals surface area (Å²) in [5.41, 5.74) is 2.95. The highest BCUT2D eigenvalue weighted by molar-refractivity contribution is 7.13. The largest absolute Gasteiger partial charge is 0.271 e. The van der Waals surface area contributed by atoms with Gasteiger partial charge in [0.1, 0.15) is 0 Å². The van der Waals surface area contributed by atoms with Crippen LogP contribution in [-0.2, 0) is 0 Å². The SMILES string of the molecule is Cc1ccc(/C=N/NC(=O)c2cccc(Cl)c2)s1. The molecule has 2 rings (SSSR count). The topological polar surface area (TPSA) is 41.5 Å². The monoisotopic (exact) mass is 278 g/mol. The Balaban J connectivity index is 1.98. The van der Waals surface area contributed by atoms with Crippen molar-refractivity contribution in [2.24, 2.45) is 5.10 Å². The molecule has 0 atom stereocenters. The van der Waals surface area contributed by atoms with Crippen LogP contribution in [0.25, 0.3) is 0 Å². The van der Waals surface area contributed by atoms with Gasteiger partial charge in [-0.3, -0.25) is 4.79 Å². The molecular weight excluding hydrogens is 268 g/mol. The summed E-state index contributed by atoms with van der Waals surface area (Å²) in [6, 6.07) is 10.7. The molecule has 0 saturated carbocycles. The fourth-order valence-electron chi connectivity index (χ4n) is 1.37. The normalized spacial score (nSPS) is 10.8. The molecule has 92 valence electrons. The first kappa shape index (κ1) is 12.8. The minimum atomic E-state index is -0.276. The Morgan fingerprint density at radius 2 is 2.22 bits per heavy atom. The lowest BCUT2D eigenvalue weighted by Gasteiger charge is -1.99. The van der Waals surface area contributed by atoms with E-state index >= 15 is 0 Å². The number of aryl methyl sites for hydroxylation is 1. The molecule has 0 aliphatic heterocycles. The van der Waals surface area contributed by atoms with E-state index in [1.165, 1.54) is 4.88 Å². The number of nitrogens with zero attached hydrogens (tertiary/aromatic N) is 1. The van der Waals surface area contributed by atoms with Crippen LogP contribution >= 0.6 is 22.9 Å². The van der Waals surface area contributed by atoms with Crippen LogP contribution in [-0.4, -0.2) is 12.1 Å². The summed E-state index contributed by atoms with van der Waals surface area (Å²) in [5.74, 6) is -0.276. The maximum Gasteiger partial charge on any atom is 0.271 e. The molecule has 0 saturated heterocycles. The Labute approximate surface area is 114 Å². The van der Waals surface area contributed by atoms with Gasteiger partial charge in [0.25, 0.3) is 5.91 Å². The van der Waals surface area contributed by atoms with E-state index < -0.39 is 0 Å². The Bertz CT molecular complexity index is 592. The molecule has 1 amide bonds. The Morgan fingerprint density at radius 3 is 2.89 bits per heavy atom. The summed E-state index contributed by atoms with van der Waals surface area (Å²) < 4.78 is 0. The maximum absolute atomic E-state index is 11.7. The molecule has 0 bridgehead atoms. The minimum absolute atomic E-state index is 0.276. The van der Waals surface area contributed by atoms with Gasteiger partial charge < -0.3 is 0 Å². The number of benzene rings is 1. The fraction of sp³-hybridized carbons (Fsp3) is 0.0769. The van der Waals surface area contributed by atoms with Gasteiger partial charge in [-0.2, -0.15) is 5.10 Å². The predicted molar refractivity (Wildman–Crippen MR) is 75.6 cm³/mol. The summed E-state index contributed by atoms with van der Waals surface area (Å²) in [6.07, 6.45) is 1.63. The summed E-state index contributed by atoms with van der Waals surface area (Å²) >= 11 is 7.42. The summed E-state index contributed by atoms with van der Waals surface area (Å²) in [5, 5.41) is 4.43. The van der Waals surface area contributed by atoms with E-state index in [4.69, 9.17) is 11.6 Å². The first-order chi connectivity index (χ1) is 8.65. The van der Waals surface area contributed by atoms with Crippen molar-refractivity contribution in [3.05, 3.63) is 56.7 Å². The Kier molecular flexibility index (Phi) is 4.12. The fourth-order valence-corrected chi connectivity index (χ4v) is 2.31. The van der Waals surface area contributed by atoms with Gasteiger partial charge in [0.15, 0.2) is 0 Å². The molecule has 0 spiro atoms. The van der Waals surface area contributed by atoms with Crippen molar-refractivity contribution in [1.82, 2.24) is 5.43 Å². The highest BCUT2D eigenvalue weighted by atomic mass is 35.5. The van der Waals surface area contributed by atoms with Crippen molar-refractivity contribution in [3.8, 4) is 0 Å². The van der Waals surface area contributed by atoms with Crippen molar-refractivity contribution in [2.75, 3.05) is 0 Å². The highest BCUT2D eigenvalue weighted by Gasteiger charge is 2.03. The van der Waals surface area contributed by atoms with E-state index in [1.54, 1.807) is 41.8 Å². The second-order valence-corrected chi connectivity index (χ2v) is 5.41. The molecule has 3 nitrogen and oxygen atoms in total. The molecule has 1 N–H and O–H groups in total. The molecular formula is C13H11ClN2OS. The van der Waals surface area contributed by atoms with Crippen molar-refractivity contribution < 1.29 is 4.79 Å². The number of hydrogen-bond acceptors (Lipinski definition) is 3. The summed E-state index contributed by atoms with van der Waals surface area (Å²) in [4.78, 5) is 13.9. The molecule has 1 aromatic heterocycles. The van der Waals surface area contributed by atoms with Gasteiger partial charge >= 0.3 is 0 Å². The lowest BCUT2D eigenvalue weighted by Crippen LogP contribution is -2.17. The van der Waals surface area contributed by atoms with Crippen LogP contribution in [0.1, 0.15) is 20.1 Å². The van der Waals surface area contributed by atoms with Gasteiger partial charge in [0.05, 0.1) is 6.21 Å². The number of thiophene rings is 1. The van der Waals surface area contributed by atoms with Crippen LogP contribution in [0.2, 0.25) is 5.02 Å². The van der Waals surface area contributed by atoms with Crippen molar-refractivity contribution in [2.45, 2.75) is 6.92 Å². The zero-order valence-electron chi connectivity index (χ0n) is 9.68. The van der Waals surface area contributed by atoms with Crippen LogP contribution in [0.5, 0.6) is 0 Å². The number of amides is 1. The number of nitrogens with one attached hydrogen (secondary N) is 1. The van der Waals surface area contributed by atoms with Crippen LogP contribution in [0.3, 0.4) is 0 Å². The second kappa shape index (κ2) is 5.80. The molecule has 0 aliphatic rings. The zero-order valence-corrected chi connectivity index (χ0v) is 11.3. The lowest BCUT2D eigenvalue weighted by atomic mass is 10.2. The first-order valence-corrected chi connectivity index (χ1v) is 6.50. The third kappa shape index (κ3) is 3.42. The molecule has 18 heavy (non-hydrogen) atoms. The molecule has 1 heterocycles. The van der Waals surface area contributed by atoms with Gasteiger partial charge in [0.2, 0.25) is 0 Å². The van der Waals surface area contributed by atoms with Gasteiger partial charge in [-0.1, -0.05) is 17.7 Å². The zero-order chi connectivity index (χ0) is 13.0. The highest BCUT2D eigenvalue weighted by Crippen LogP contribution is 2.12. The van der Waals surface area contributed by atoms with Gasteiger partial charge in [-0.05, 0) is 37.3 Å². The third-order valence-electron chi connectivity index (χ3n) is 2.21. The number of halogens is 1. The van der Waals surface area contributed by atoms with Crippen molar-refractivity contribution in [3.63, 3.8) is 0 Å². The van der Waals surface area contributed by atoms with Crippen molar-refractivity contribution in [1.29, 1.82) is 0 Å². The van der Waals surface area contributed by atoms with E-state index in [9.17, 15) is 4.79 Å². The van der Waals surface area contributed by atoms with E-state index in [-0.39, 0.29) is 5.91 Å². The molecule has 0 radical (unpaired) electrons. The van der Waals surface area contributed by atoms with Crippen LogP contribution in [0.15, 0.2) is 41.5 Å². The number of hydrogen-bond donors (Lipinski definition) is 1. The van der Waals surface area contributed by atoms with E-state index in [1.807, 2.05) is 19.1 Å². The Morgan fingerprint density at radius 1 is 1.39 bits per heavy atom. The van der Waals surface area contributed by atoms with Crippen LogP contribution < -0.4 is 5.43 Å². The van der Waals surface area contributed by atoms with Gasteiger partial charge in [-0.25, -0.2) is 5.43 Å². The molecule has 0 fully saturated rings. The minimum Gasteiger partial charge on any atom is -0.267 e. The second-order valence-electron chi connectivity index (χ2n) is 3.66. The van der Waals surface area contributed by atoms with Crippen LogP contribution in [0, 0.1) is 6.92 Å². The number of carbonyl (C=O) groups is 1. The standard InChI is InChI=1S/C13H11ClN2OS/c1-9-5-6-12(18-9)8-15-16-13(17)10-3-2-4-11(14)7-10/h2-8H,1H3,(H,16,17)/b15-8+.